The molecule has 68 valence electrons. The molecule has 0 amide bonds. The van der Waals surface area contributed by atoms with E-state index in [1.54, 1.807) is 0 Å². The zero-order chi connectivity index (χ0) is 8.69. The molecule has 1 aliphatic heterocycles. The Morgan fingerprint density at radius 3 is 2.36 bits per heavy atom. The molecule has 1 heterocycles. The molecular formula is C8H18O3. The molecule has 0 bridgehead atoms. The van der Waals surface area contributed by atoms with Crippen molar-refractivity contribution in [2.24, 2.45) is 0 Å². The van der Waals surface area contributed by atoms with Crippen LogP contribution in [-0.4, -0.2) is 36.1 Å². The monoisotopic (exact) mass is 162 g/mol. The van der Waals surface area contributed by atoms with Crippen molar-refractivity contribution in [3.63, 3.8) is 0 Å². The van der Waals surface area contributed by atoms with Gasteiger partial charge in [-0.05, 0) is 26.2 Å². The number of hydrogen-bond donors (Lipinski definition) is 2. The summed E-state index contributed by atoms with van der Waals surface area (Å²) in [6.45, 7) is 2.34. The molecule has 3 heteroatoms. The number of aliphatic hydroxyl groups excluding tert-OH is 2. The Labute approximate surface area is 68.0 Å². The van der Waals surface area contributed by atoms with Gasteiger partial charge < -0.3 is 14.9 Å². The van der Waals surface area contributed by atoms with E-state index in [1.165, 1.54) is 0 Å². The molecule has 1 aliphatic rings. The maximum absolute atomic E-state index is 8.53. The van der Waals surface area contributed by atoms with Gasteiger partial charge in [-0.3, -0.25) is 0 Å². The summed E-state index contributed by atoms with van der Waals surface area (Å²) < 4.78 is 5.44. The van der Waals surface area contributed by atoms with Crippen LogP contribution in [0.3, 0.4) is 0 Å². The molecule has 1 fully saturated rings. The fourth-order valence-corrected chi connectivity index (χ4v) is 1.24. The average molecular weight is 162 g/mol. The zero-order valence-electron chi connectivity index (χ0n) is 7.29. The van der Waals surface area contributed by atoms with Gasteiger partial charge in [0, 0.05) is 13.7 Å². The van der Waals surface area contributed by atoms with Crippen molar-refractivity contribution in [3.05, 3.63) is 0 Å². The van der Waals surface area contributed by atoms with E-state index in [9.17, 15) is 0 Å². The normalized spacial score (nSPS) is 29.5. The van der Waals surface area contributed by atoms with Crippen LogP contribution in [0.25, 0.3) is 0 Å². The minimum atomic E-state index is 0.261. The second-order valence-electron chi connectivity index (χ2n) is 2.66. The Balaban J connectivity index is 0.000000461. The van der Waals surface area contributed by atoms with Gasteiger partial charge in [0.2, 0.25) is 0 Å². The van der Waals surface area contributed by atoms with Crippen LogP contribution in [0.1, 0.15) is 26.2 Å². The summed E-state index contributed by atoms with van der Waals surface area (Å²) in [6.07, 6.45) is 3.85. The Kier molecular flexibility index (Phi) is 6.51. The third-order valence-electron chi connectivity index (χ3n) is 1.77. The van der Waals surface area contributed by atoms with Crippen LogP contribution < -0.4 is 0 Å². The lowest BCUT2D eigenvalue weighted by molar-refractivity contribution is 0.0405. The van der Waals surface area contributed by atoms with Crippen LogP contribution in [0.5, 0.6) is 0 Å². The van der Waals surface area contributed by atoms with Crippen molar-refractivity contribution in [2.75, 3.05) is 13.7 Å². The molecular weight excluding hydrogens is 144 g/mol. The minimum absolute atomic E-state index is 0.261. The maximum atomic E-state index is 8.53. The molecule has 0 aromatic heterocycles. The summed E-state index contributed by atoms with van der Waals surface area (Å²) in [5, 5.41) is 15.5. The highest BCUT2D eigenvalue weighted by atomic mass is 16.5. The van der Waals surface area contributed by atoms with Crippen molar-refractivity contribution < 1.29 is 14.9 Å². The number of rotatable bonds is 2. The fourth-order valence-electron chi connectivity index (χ4n) is 1.24. The molecule has 0 aromatic rings. The third-order valence-corrected chi connectivity index (χ3v) is 1.77. The highest BCUT2D eigenvalue weighted by Gasteiger charge is 2.20. The predicted octanol–water partition coefficient (Wildman–Crippen LogP) is 0.545. The van der Waals surface area contributed by atoms with Crippen molar-refractivity contribution >= 4 is 0 Å². The second kappa shape index (κ2) is 6.58. The molecule has 1 rings (SSSR count). The molecule has 0 spiro atoms. The van der Waals surface area contributed by atoms with Gasteiger partial charge in [-0.2, -0.15) is 0 Å². The molecule has 2 atom stereocenters. The molecule has 0 aliphatic carbocycles. The highest BCUT2D eigenvalue weighted by molar-refractivity contribution is 4.69. The predicted molar refractivity (Wildman–Crippen MR) is 43.4 cm³/mol. The molecule has 2 N–H and O–H groups in total. The van der Waals surface area contributed by atoms with Crippen LogP contribution in [0.15, 0.2) is 0 Å². The van der Waals surface area contributed by atoms with E-state index < -0.39 is 0 Å². The molecule has 0 radical (unpaired) electrons. The lowest BCUT2D eigenvalue weighted by atomic mass is 10.2. The number of ether oxygens (including phenoxy) is 1. The first kappa shape index (κ1) is 10.9. The molecule has 0 aromatic carbocycles. The van der Waals surface area contributed by atoms with Crippen molar-refractivity contribution in [2.45, 2.75) is 38.4 Å². The van der Waals surface area contributed by atoms with Crippen LogP contribution in [0.4, 0.5) is 0 Å². The van der Waals surface area contributed by atoms with E-state index in [4.69, 9.17) is 14.9 Å². The first-order chi connectivity index (χ1) is 5.33. The lowest BCUT2D eigenvalue weighted by Gasteiger charge is -2.07. The van der Waals surface area contributed by atoms with Gasteiger partial charge in [0.15, 0.2) is 0 Å². The summed E-state index contributed by atoms with van der Waals surface area (Å²) in [7, 11) is 1.00. The van der Waals surface area contributed by atoms with Gasteiger partial charge in [-0.1, -0.05) is 0 Å². The van der Waals surface area contributed by atoms with Crippen LogP contribution in [0.2, 0.25) is 0 Å². The Bertz CT molecular complexity index is 83.4. The summed E-state index contributed by atoms with van der Waals surface area (Å²) >= 11 is 0. The van der Waals surface area contributed by atoms with E-state index in [1.807, 2.05) is 0 Å². The first-order valence-corrected chi connectivity index (χ1v) is 4.04. The largest absolute Gasteiger partial charge is 0.400 e. The second-order valence-corrected chi connectivity index (χ2v) is 2.66. The van der Waals surface area contributed by atoms with Crippen LogP contribution in [-0.2, 0) is 4.74 Å². The smallest absolute Gasteiger partial charge is 0.0601 e. The number of hydrogen-bond acceptors (Lipinski definition) is 3. The topological polar surface area (TPSA) is 49.7 Å². The minimum Gasteiger partial charge on any atom is -0.400 e. The van der Waals surface area contributed by atoms with E-state index in [-0.39, 0.29) is 6.61 Å². The maximum Gasteiger partial charge on any atom is 0.0601 e. The molecule has 0 saturated carbocycles. The van der Waals surface area contributed by atoms with Crippen LogP contribution >= 0.6 is 0 Å². The van der Waals surface area contributed by atoms with Gasteiger partial charge in [-0.15, -0.1) is 0 Å². The van der Waals surface area contributed by atoms with Gasteiger partial charge in [0.25, 0.3) is 0 Å². The summed E-state index contributed by atoms with van der Waals surface area (Å²) in [5.41, 5.74) is 0. The quantitative estimate of drug-likeness (QED) is 0.623. The number of aliphatic hydroxyl groups is 2. The molecule has 3 nitrogen and oxygen atoms in total. The standard InChI is InChI=1S/C7H14O2.CH4O/c1-6-2-3-7(9-6)4-5-8;1-2/h6-8H,2-5H2,1H3;2H,1H3. The molecule has 1 saturated heterocycles. The van der Waals surface area contributed by atoms with E-state index in [0.717, 1.165) is 26.4 Å². The lowest BCUT2D eigenvalue weighted by Crippen LogP contribution is -2.09. The Hall–Kier alpha value is -0.120. The van der Waals surface area contributed by atoms with Crippen LogP contribution in [0, 0.1) is 0 Å². The summed E-state index contributed by atoms with van der Waals surface area (Å²) in [6, 6.07) is 0. The van der Waals surface area contributed by atoms with Gasteiger partial charge >= 0.3 is 0 Å². The SMILES string of the molecule is CC1CCC(CCO)O1.CO. The van der Waals surface area contributed by atoms with E-state index >= 15 is 0 Å². The molecule has 2 unspecified atom stereocenters. The van der Waals surface area contributed by atoms with Gasteiger partial charge in [-0.25, -0.2) is 0 Å². The Morgan fingerprint density at radius 2 is 2.00 bits per heavy atom. The average Bonchev–Trinajstić information content (AvgIpc) is 2.41. The van der Waals surface area contributed by atoms with Crippen molar-refractivity contribution in [1.82, 2.24) is 0 Å². The third kappa shape index (κ3) is 4.35. The fraction of sp³-hybridized carbons (Fsp3) is 1.00. The van der Waals surface area contributed by atoms with E-state index in [0.29, 0.717) is 12.2 Å². The summed E-state index contributed by atoms with van der Waals surface area (Å²) in [4.78, 5) is 0. The molecule has 11 heavy (non-hydrogen) atoms. The van der Waals surface area contributed by atoms with Crippen molar-refractivity contribution in [1.29, 1.82) is 0 Å². The highest BCUT2D eigenvalue weighted by Crippen LogP contribution is 2.20. The van der Waals surface area contributed by atoms with Gasteiger partial charge in [0.1, 0.15) is 0 Å². The zero-order valence-corrected chi connectivity index (χ0v) is 7.29. The summed E-state index contributed by atoms with van der Waals surface area (Å²) in [5.74, 6) is 0. The Morgan fingerprint density at radius 1 is 1.36 bits per heavy atom. The van der Waals surface area contributed by atoms with Crippen molar-refractivity contribution in [3.8, 4) is 0 Å². The first-order valence-electron chi connectivity index (χ1n) is 4.04. The van der Waals surface area contributed by atoms with E-state index in [2.05, 4.69) is 6.92 Å². The van der Waals surface area contributed by atoms with Gasteiger partial charge in [0.05, 0.1) is 12.2 Å².